The molecule has 0 fully saturated rings. The number of ether oxygens (including phenoxy) is 1. The molecule has 2 atom stereocenters. The van der Waals surface area contributed by atoms with Gasteiger partial charge in [0.1, 0.15) is 12.1 Å². The van der Waals surface area contributed by atoms with Crippen LogP contribution in [-0.2, 0) is 14.3 Å². The number of hydrogen-bond donors (Lipinski definition) is 3. The van der Waals surface area contributed by atoms with Crippen LogP contribution in [0.4, 0.5) is 0 Å². The van der Waals surface area contributed by atoms with Crippen molar-refractivity contribution in [2.75, 3.05) is 5.75 Å². The molecule has 6 heteroatoms. The van der Waals surface area contributed by atoms with Gasteiger partial charge in [-0.1, -0.05) is 0 Å². The zero-order valence-corrected chi connectivity index (χ0v) is 7.58. The van der Waals surface area contributed by atoms with Crippen molar-refractivity contribution in [3.05, 3.63) is 0 Å². The number of rotatable bonds is 3. The summed E-state index contributed by atoms with van der Waals surface area (Å²) in [5.74, 6) is -1.45. The molecule has 0 aromatic rings. The second-order valence-corrected chi connectivity index (χ2v) is 2.68. The van der Waals surface area contributed by atoms with E-state index in [0.29, 0.717) is 0 Å². The Hall–Kier alpha value is -0.590. The Bertz CT molecular complexity index is 184. The first kappa shape index (κ1) is 11.4. The molecule has 70 valence electrons. The quantitative estimate of drug-likeness (QED) is 0.292. The van der Waals surface area contributed by atoms with Crippen molar-refractivity contribution in [1.82, 2.24) is 0 Å². The summed E-state index contributed by atoms with van der Waals surface area (Å²) in [6.45, 7) is 1.42. The van der Waals surface area contributed by atoms with E-state index >= 15 is 0 Å². The van der Waals surface area contributed by atoms with E-state index in [-0.39, 0.29) is 5.75 Å². The molecule has 0 bridgehead atoms. The van der Waals surface area contributed by atoms with Gasteiger partial charge in [0.15, 0.2) is 0 Å². The van der Waals surface area contributed by atoms with Crippen LogP contribution in [0.2, 0.25) is 0 Å². The highest BCUT2D eigenvalue weighted by Crippen LogP contribution is 1.91. The first-order chi connectivity index (χ1) is 5.49. The van der Waals surface area contributed by atoms with Crippen molar-refractivity contribution >= 4 is 24.6 Å². The predicted octanol–water partition coefficient (Wildman–Crippen LogP) is -1.34. The molecule has 0 saturated heterocycles. The van der Waals surface area contributed by atoms with Crippen molar-refractivity contribution in [3.8, 4) is 0 Å². The SMILES string of the molecule is CC(N)C(=O)OC(=O)C(N)CS. The molecule has 0 aromatic heterocycles. The average Bonchev–Trinajstić information content (AvgIpc) is 2.02. The van der Waals surface area contributed by atoms with E-state index in [1.165, 1.54) is 6.92 Å². The van der Waals surface area contributed by atoms with Crippen LogP contribution in [0, 0.1) is 0 Å². The molecule has 5 nitrogen and oxygen atoms in total. The number of esters is 2. The molecule has 12 heavy (non-hydrogen) atoms. The van der Waals surface area contributed by atoms with Crippen LogP contribution >= 0.6 is 12.6 Å². The molecule has 0 aliphatic rings. The largest absolute Gasteiger partial charge is 0.391 e. The van der Waals surface area contributed by atoms with E-state index in [0.717, 1.165) is 0 Å². The average molecular weight is 192 g/mol. The zero-order valence-electron chi connectivity index (χ0n) is 6.69. The maximum absolute atomic E-state index is 10.8. The minimum atomic E-state index is -0.879. The number of nitrogens with two attached hydrogens (primary N) is 2. The summed E-state index contributed by atoms with van der Waals surface area (Å²) in [6.07, 6.45) is 0. The molecule has 0 spiro atoms. The first-order valence-corrected chi connectivity index (χ1v) is 3.99. The molecule has 0 heterocycles. The second-order valence-electron chi connectivity index (χ2n) is 2.32. The fraction of sp³-hybridized carbons (Fsp3) is 0.667. The van der Waals surface area contributed by atoms with Gasteiger partial charge in [0.05, 0.1) is 0 Å². The van der Waals surface area contributed by atoms with Gasteiger partial charge in [0.2, 0.25) is 0 Å². The molecule has 0 amide bonds. The van der Waals surface area contributed by atoms with Gasteiger partial charge >= 0.3 is 11.9 Å². The first-order valence-electron chi connectivity index (χ1n) is 3.36. The molecule has 0 aromatic carbocycles. The second kappa shape index (κ2) is 5.13. The lowest BCUT2D eigenvalue weighted by atomic mass is 10.3. The third-order valence-corrected chi connectivity index (χ3v) is 1.47. The van der Waals surface area contributed by atoms with Crippen LogP contribution in [-0.4, -0.2) is 29.8 Å². The van der Waals surface area contributed by atoms with Crippen LogP contribution in [0.1, 0.15) is 6.92 Å². The smallest absolute Gasteiger partial charge is 0.331 e. The molecule has 0 rings (SSSR count). The summed E-state index contributed by atoms with van der Waals surface area (Å²) in [6, 6.07) is -1.70. The lowest BCUT2D eigenvalue weighted by Crippen LogP contribution is -2.39. The molecule has 0 aliphatic heterocycles. The lowest BCUT2D eigenvalue weighted by Gasteiger charge is -2.08. The van der Waals surface area contributed by atoms with Crippen LogP contribution in [0.15, 0.2) is 0 Å². The van der Waals surface area contributed by atoms with Crippen molar-refractivity contribution in [3.63, 3.8) is 0 Å². The summed E-state index contributed by atoms with van der Waals surface area (Å²) < 4.78 is 4.29. The Labute approximate surface area is 75.8 Å². The Balaban J connectivity index is 3.93. The topological polar surface area (TPSA) is 95.4 Å². The Kier molecular flexibility index (Phi) is 4.87. The third kappa shape index (κ3) is 3.70. The minimum Gasteiger partial charge on any atom is -0.391 e. The van der Waals surface area contributed by atoms with Crippen LogP contribution in [0.5, 0.6) is 0 Å². The van der Waals surface area contributed by atoms with E-state index in [1.54, 1.807) is 0 Å². The predicted molar refractivity (Wildman–Crippen MR) is 46.6 cm³/mol. The van der Waals surface area contributed by atoms with Crippen molar-refractivity contribution < 1.29 is 14.3 Å². The van der Waals surface area contributed by atoms with Gasteiger partial charge in [-0.3, -0.25) is 0 Å². The summed E-state index contributed by atoms with van der Waals surface area (Å²) in [5.41, 5.74) is 10.4. The monoisotopic (exact) mass is 192 g/mol. The molecule has 2 unspecified atom stereocenters. The fourth-order valence-corrected chi connectivity index (χ4v) is 0.491. The van der Waals surface area contributed by atoms with Crippen LogP contribution in [0.25, 0.3) is 0 Å². The fourth-order valence-electron chi connectivity index (χ4n) is 0.342. The normalized spacial score (nSPS) is 15.0. The van der Waals surface area contributed by atoms with E-state index < -0.39 is 24.0 Å². The maximum Gasteiger partial charge on any atom is 0.331 e. The Morgan fingerprint density at radius 3 is 2.25 bits per heavy atom. The van der Waals surface area contributed by atoms with Crippen molar-refractivity contribution in [2.24, 2.45) is 11.5 Å². The standard InChI is InChI=1S/C6H12N2O3S/c1-3(7)5(9)11-6(10)4(8)2-12/h3-4,12H,2,7-8H2,1H3. The highest BCUT2D eigenvalue weighted by atomic mass is 32.1. The molecule has 0 saturated carbocycles. The van der Waals surface area contributed by atoms with Gasteiger partial charge in [-0.25, -0.2) is 9.59 Å². The van der Waals surface area contributed by atoms with Gasteiger partial charge in [-0.15, -0.1) is 0 Å². The highest BCUT2D eigenvalue weighted by molar-refractivity contribution is 7.80. The Morgan fingerprint density at radius 1 is 1.42 bits per heavy atom. The van der Waals surface area contributed by atoms with Crippen LogP contribution in [0.3, 0.4) is 0 Å². The van der Waals surface area contributed by atoms with E-state index in [9.17, 15) is 9.59 Å². The van der Waals surface area contributed by atoms with Gasteiger partial charge < -0.3 is 16.2 Å². The number of carbonyl (C=O) groups excluding carboxylic acids is 2. The van der Waals surface area contributed by atoms with Gasteiger partial charge in [0, 0.05) is 5.75 Å². The molecule has 0 radical (unpaired) electrons. The molecular formula is C6H12N2O3S. The highest BCUT2D eigenvalue weighted by Gasteiger charge is 2.19. The number of hydrogen-bond acceptors (Lipinski definition) is 6. The van der Waals surface area contributed by atoms with E-state index in [1.807, 2.05) is 0 Å². The summed E-state index contributed by atoms with van der Waals surface area (Å²) in [5, 5.41) is 0. The summed E-state index contributed by atoms with van der Waals surface area (Å²) in [4.78, 5) is 21.5. The minimum absolute atomic E-state index is 0.130. The van der Waals surface area contributed by atoms with Gasteiger partial charge in [0.25, 0.3) is 0 Å². The Morgan fingerprint density at radius 2 is 1.92 bits per heavy atom. The van der Waals surface area contributed by atoms with E-state index in [4.69, 9.17) is 11.5 Å². The molecule has 0 aliphatic carbocycles. The molecular weight excluding hydrogens is 180 g/mol. The van der Waals surface area contributed by atoms with Crippen molar-refractivity contribution in [2.45, 2.75) is 19.0 Å². The van der Waals surface area contributed by atoms with Gasteiger partial charge in [-0.2, -0.15) is 12.6 Å². The zero-order chi connectivity index (χ0) is 9.72. The van der Waals surface area contributed by atoms with E-state index in [2.05, 4.69) is 17.4 Å². The number of carbonyl (C=O) groups is 2. The van der Waals surface area contributed by atoms with Gasteiger partial charge in [-0.05, 0) is 6.92 Å². The molecule has 4 N–H and O–H groups in total. The van der Waals surface area contributed by atoms with Crippen LogP contribution < -0.4 is 11.5 Å². The summed E-state index contributed by atoms with van der Waals surface area (Å²) in [7, 11) is 0. The third-order valence-electron chi connectivity index (χ3n) is 1.07. The maximum atomic E-state index is 10.8. The lowest BCUT2D eigenvalue weighted by molar-refractivity contribution is -0.160. The number of thiol groups is 1. The van der Waals surface area contributed by atoms with Crippen molar-refractivity contribution in [1.29, 1.82) is 0 Å². The summed E-state index contributed by atoms with van der Waals surface area (Å²) >= 11 is 3.76.